The van der Waals surface area contributed by atoms with Gasteiger partial charge in [-0.05, 0) is 44.0 Å². The number of benzene rings is 2. The van der Waals surface area contributed by atoms with Crippen molar-refractivity contribution in [3.63, 3.8) is 0 Å². The van der Waals surface area contributed by atoms with Crippen molar-refractivity contribution in [3.8, 4) is 17.6 Å². The fraction of sp³-hybridized carbons (Fsp3) is 0.406. The summed E-state index contributed by atoms with van der Waals surface area (Å²) in [6, 6.07) is 18.6. The number of pyridine rings is 1. The third-order valence-electron chi connectivity index (χ3n) is 7.97. The van der Waals surface area contributed by atoms with E-state index in [9.17, 15) is 20.3 Å². The number of amides is 1. The average molecular weight is 573 g/mol. The van der Waals surface area contributed by atoms with Gasteiger partial charge in [-0.25, -0.2) is 4.79 Å². The van der Waals surface area contributed by atoms with Crippen LogP contribution in [0.25, 0.3) is 0 Å². The predicted octanol–water partition coefficient (Wildman–Crippen LogP) is 3.33. The molecule has 2 aliphatic rings. The van der Waals surface area contributed by atoms with Crippen LogP contribution in [0.5, 0.6) is 11.5 Å². The van der Waals surface area contributed by atoms with Gasteiger partial charge in [-0.1, -0.05) is 42.5 Å². The van der Waals surface area contributed by atoms with Crippen molar-refractivity contribution in [2.75, 3.05) is 26.7 Å². The maximum absolute atomic E-state index is 12.8. The number of hydrogen-bond acceptors (Lipinski definition) is 9. The summed E-state index contributed by atoms with van der Waals surface area (Å²) in [5.41, 5.74) is -1.78. The number of nitrogens with one attached hydrogen (secondary N) is 2. The number of methoxy groups -OCH3 is 1. The third kappa shape index (κ3) is 4.83. The largest absolute Gasteiger partial charge is 0.495 e. The third-order valence-corrected chi connectivity index (χ3v) is 7.97. The molecule has 1 aliphatic carbocycles. The van der Waals surface area contributed by atoms with Crippen LogP contribution in [0.15, 0.2) is 67.0 Å². The number of carbonyl (C=O) groups is 1. The van der Waals surface area contributed by atoms with Gasteiger partial charge >= 0.3 is 6.09 Å². The van der Waals surface area contributed by atoms with Crippen LogP contribution in [0.2, 0.25) is 0 Å². The number of nitrogens with zero attached hydrogens (tertiary/aromatic N) is 2. The highest BCUT2D eigenvalue weighted by molar-refractivity contribution is 5.67. The number of fused-ring (bicyclic) bond motifs is 3. The van der Waals surface area contributed by atoms with Crippen molar-refractivity contribution in [1.82, 2.24) is 15.6 Å². The Morgan fingerprint density at radius 1 is 1.12 bits per heavy atom. The Morgan fingerprint density at radius 2 is 1.83 bits per heavy atom. The maximum atomic E-state index is 12.8. The second-order valence-corrected chi connectivity index (χ2v) is 11.6. The quantitative estimate of drug-likeness (QED) is 0.299. The number of carbonyl (C=O) groups excluding carboxylic acids is 1. The molecule has 3 aromatic rings. The van der Waals surface area contributed by atoms with E-state index in [4.69, 9.17) is 14.2 Å². The highest BCUT2D eigenvalue weighted by Gasteiger charge is 2.76. The average Bonchev–Trinajstić information content (AvgIpc) is 3.35. The zero-order valence-corrected chi connectivity index (χ0v) is 24.1. The SMILES string of the molecule is COc1cncc2c1[C@]1(O)[C@H](O)C(CNCCNC(=O)OC(C)(C)C)C(c3ccccc3)C1(c1ccc(C#N)cc1)O2. The molecule has 0 spiro atoms. The van der Waals surface area contributed by atoms with Gasteiger partial charge in [0.2, 0.25) is 0 Å². The Hall–Kier alpha value is -4.17. The molecule has 0 bridgehead atoms. The van der Waals surface area contributed by atoms with Gasteiger partial charge in [0.1, 0.15) is 17.1 Å². The Labute approximate surface area is 245 Å². The summed E-state index contributed by atoms with van der Waals surface area (Å²) in [6.45, 7) is 6.39. The molecule has 0 radical (unpaired) electrons. The molecule has 3 unspecified atom stereocenters. The second-order valence-electron chi connectivity index (χ2n) is 11.6. The molecule has 10 heteroatoms. The lowest BCUT2D eigenvalue weighted by Crippen LogP contribution is -2.52. The summed E-state index contributed by atoms with van der Waals surface area (Å²) in [5.74, 6) is -0.476. The number of ether oxygens (including phenoxy) is 3. The summed E-state index contributed by atoms with van der Waals surface area (Å²) < 4.78 is 17.7. The Bertz CT molecular complexity index is 1470. The van der Waals surface area contributed by atoms with Crippen molar-refractivity contribution in [2.24, 2.45) is 5.92 Å². The van der Waals surface area contributed by atoms with E-state index >= 15 is 0 Å². The fourth-order valence-electron chi connectivity index (χ4n) is 6.39. The number of aliphatic hydroxyl groups is 2. The van der Waals surface area contributed by atoms with E-state index < -0.39 is 40.8 Å². The van der Waals surface area contributed by atoms with Crippen LogP contribution in [0, 0.1) is 17.2 Å². The topological polar surface area (TPSA) is 146 Å². The van der Waals surface area contributed by atoms with Crippen molar-refractivity contribution < 1.29 is 29.2 Å². The molecule has 5 atom stereocenters. The zero-order chi connectivity index (χ0) is 30.1. The second kappa shape index (κ2) is 11.2. The molecule has 4 N–H and O–H groups in total. The molecule has 0 saturated heterocycles. The van der Waals surface area contributed by atoms with Crippen LogP contribution in [0.3, 0.4) is 0 Å². The van der Waals surface area contributed by atoms with Gasteiger partial charge in [-0.15, -0.1) is 0 Å². The number of rotatable bonds is 8. The minimum Gasteiger partial charge on any atom is -0.495 e. The highest BCUT2D eigenvalue weighted by atomic mass is 16.6. The maximum Gasteiger partial charge on any atom is 0.407 e. The molecule has 220 valence electrons. The molecule has 1 aromatic heterocycles. The van der Waals surface area contributed by atoms with E-state index in [-0.39, 0.29) is 0 Å². The fourth-order valence-corrected chi connectivity index (χ4v) is 6.39. The van der Waals surface area contributed by atoms with Crippen molar-refractivity contribution in [1.29, 1.82) is 5.26 Å². The normalized spacial score (nSPS) is 26.0. The summed E-state index contributed by atoms with van der Waals surface area (Å²) in [4.78, 5) is 16.3. The summed E-state index contributed by atoms with van der Waals surface area (Å²) >= 11 is 0. The van der Waals surface area contributed by atoms with Gasteiger partial charge in [-0.2, -0.15) is 5.26 Å². The molecule has 1 amide bonds. The molecule has 2 aromatic carbocycles. The van der Waals surface area contributed by atoms with E-state index in [0.717, 1.165) is 5.56 Å². The molecule has 1 fully saturated rings. The van der Waals surface area contributed by atoms with Crippen LogP contribution in [-0.4, -0.2) is 59.7 Å². The van der Waals surface area contributed by atoms with Gasteiger partial charge < -0.3 is 35.1 Å². The van der Waals surface area contributed by atoms with Crippen LogP contribution < -0.4 is 20.1 Å². The molecule has 5 rings (SSSR count). The predicted molar refractivity (Wildman–Crippen MR) is 154 cm³/mol. The first kappa shape index (κ1) is 29.3. The van der Waals surface area contributed by atoms with Gasteiger partial charge in [0.25, 0.3) is 0 Å². The lowest BCUT2D eigenvalue weighted by Gasteiger charge is -2.41. The van der Waals surface area contributed by atoms with Gasteiger partial charge in [0, 0.05) is 31.5 Å². The van der Waals surface area contributed by atoms with Gasteiger partial charge in [0.15, 0.2) is 11.2 Å². The standard InChI is InChI=1S/C32H36N4O6/c1-30(2,3)42-29(38)36-15-14-34-17-23-26(21-8-6-5-7-9-21)32(22-12-10-20(16-33)11-13-22)31(39,28(23)37)27-24(40-4)18-35-19-25(27)41-32/h5-13,18-19,23,26,28,34,37,39H,14-15,17H2,1-4H3,(H,36,38)/t23?,26?,28-,31+,32?/m1/s1. The summed E-state index contributed by atoms with van der Waals surface area (Å²) in [6.07, 6.45) is 1.20. The minimum absolute atomic E-state index is 0.295. The first-order valence-electron chi connectivity index (χ1n) is 13.9. The number of aliphatic hydroxyl groups excluding tert-OH is 1. The smallest absolute Gasteiger partial charge is 0.407 e. The molecule has 10 nitrogen and oxygen atoms in total. The van der Waals surface area contributed by atoms with Crippen LogP contribution in [0.1, 0.15) is 48.9 Å². The van der Waals surface area contributed by atoms with Crippen LogP contribution >= 0.6 is 0 Å². The monoisotopic (exact) mass is 572 g/mol. The Morgan fingerprint density at radius 3 is 2.48 bits per heavy atom. The van der Waals surface area contributed by atoms with E-state index in [1.54, 1.807) is 45.0 Å². The van der Waals surface area contributed by atoms with Gasteiger partial charge in [0.05, 0.1) is 42.8 Å². The van der Waals surface area contributed by atoms with E-state index in [0.29, 0.717) is 47.8 Å². The minimum atomic E-state index is -1.94. The lowest BCUT2D eigenvalue weighted by molar-refractivity contribution is -0.152. The molecular formula is C32H36N4O6. The Balaban J connectivity index is 1.55. The first-order valence-corrected chi connectivity index (χ1v) is 13.9. The lowest BCUT2D eigenvalue weighted by atomic mass is 9.70. The summed E-state index contributed by atoms with van der Waals surface area (Å²) in [5, 5.41) is 40.5. The number of alkyl carbamates (subject to hydrolysis) is 1. The first-order chi connectivity index (χ1) is 20.1. The van der Waals surface area contributed by atoms with Crippen molar-refractivity contribution >= 4 is 6.09 Å². The Kier molecular flexibility index (Phi) is 7.86. The van der Waals surface area contributed by atoms with E-state index in [1.807, 2.05) is 30.3 Å². The molecule has 1 aliphatic heterocycles. The summed E-state index contributed by atoms with van der Waals surface area (Å²) in [7, 11) is 1.48. The zero-order valence-electron chi connectivity index (χ0n) is 24.1. The highest BCUT2D eigenvalue weighted by Crippen LogP contribution is 2.69. The van der Waals surface area contributed by atoms with Crippen molar-refractivity contribution in [3.05, 3.63) is 89.2 Å². The molecule has 2 heterocycles. The molecular weight excluding hydrogens is 536 g/mol. The number of aromatic nitrogens is 1. The van der Waals surface area contributed by atoms with E-state index in [2.05, 4.69) is 21.7 Å². The number of hydrogen-bond donors (Lipinski definition) is 4. The van der Waals surface area contributed by atoms with Crippen LogP contribution in [0.4, 0.5) is 4.79 Å². The molecule has 1 saturated carbocycles. The van der Waals surface area contributed by atoms with E-state index in [1.165, 1.54) is 19.5 Å². The molecule has 42 heavy (non-hydrogen) atoms. The van der Waals surface area contributed by atoms with Crippen molar-refractivity contribution in [2.45, 2.75) is 49.6 Å². The number of nitriles is 1. The van der Waals surface area contributed by atoms with Gasteiger partial charge in [-0.3, -0.25) is 4.98 Å². The van der Waals surface area contributed by atoms with Crippen LogP contribution in [-0.2, 0) is 15.9 Å².